The van der Waals surface area contributed by atoms with Crippen LogP contribution in [0.3, 0.4) is 0 Å². The minimum absolute atomic E-state index is 0.0529. The van der Waals surface area contributed by atoms with Gasteiger partial charge in [-0.05, 0) is 42.3 Å². The number of nitro groups is 2. The molecule has 3 rings (SSSR count). The van der Waals surface area contributed by atoms with Gasteiger partial charge >= 0.3 is 0 Å². The molecule has 0 saturated heterocycles. The number of non-ortho nitro benzene ring substituents is 2. The number of nitrogens with zero attached hydrogens (tertiary/aromatic N) is 6. The van der Waals surface area contributed by atoms with Crippen molar-refractivity contribution in [1.82, 2.24) is 20.8 Å². The number of aryl methyl sites for hydroxylation is 1. The SMILES string of the molecule is Cc1cc(OCC(=O)NN=Cc2ccc([N+](=O)[O-])cc2)nc(SCC(=O)NN=Cc2ccc([N+](=O)[O-])cc2)n1. The number of nitro benzene ring substituents is 2. The van der Waals surface area contributed by atoms with Crippen molar-refractivity contribution in [2.24, 2.45) is 10.2 Å². The Labute approximate surface area is 224 Å². The summed E-state index contributed by atoms with van der Waals surface area (Å²) in [5, 5.41) is 29.2. The van der Waals surface area contributed by atoms with E-state index in [1.807, 2.05) is 0 Å². The molecule has 39 heavy (non-hydrogen) atoms. The predicted molar refractivity (Wildman–Crippen MR) is 141 cm³/mol. The van der Waals surface area contributed by atoms with E-state index in [9.17, 15) is 29.8 Å². The Bertz CT molecular complexity index is 1310. The van der Waals surface area contributed by atoms with Crippen LogP contribution in [0.1, 0.15) is 16.8 Å². The van der Waals surface area contributed by atoms with Gasteiger partial charge in [0.25, 0.3) is 23.2 Å². The third kappa shape index (κ3) is 9.62. The van der Waals surface area contributed by atoms with Crippen molar-refractivity contribution in [3.05, 3.63) is 91.6 Å². The average Bonchev–Trinajstić information content (AvgIpc) is 2.91. The first-order valence-corrected chi connectivity index (χ1v) is 11.9. The summed E-state index contributed by atoms with van der Waals surface area (Å²) in [5.41, 5.74) is 6.17. The van der Waals surface area contributed by atoms with Crippen LogP contribution < -0.4 is 15.6 Å². The maximum Gasteiger partial charge on any atom is 0.278 e. The highest BCUT2D eigenvalue weighted by molar-refractivity contribution is 7.99. The van der Waals surface area contributed by atoms with Crippen LogP contribution in [0.25, 0.3) is 0 Å². The van der Waals surface area contributed by atoms with Crippen molar-refractivity contribution in [2.75, 3.05) is 12.4 Å². The highest BCUT2D eigenvalue weighted by atomic mass is 32.2. The van der Waals surface area contributed by atoms with E-state index in [4.69, 9.17) is 4.74 Å². The number of amides is 2. The van der Waals surface area contributed by atoms with Crippen LogP contribution in [0, 0.1) is 27.2 Å². The van der Waals surface area contributed by atoms with Crippen molar-refractivity contribution < 1.29 is 24.2 Å². The maximum atomic E-state index is 12.1. The Morgan fingerprint density at radius 2 is 1.41 bits per heavy atom. The first kappa shape index (κ1) is 28.3. The topological polar surface area (TPSA) is 204 Å². The second-order valence-corrected chi connectivity index (χ2v) is 8.43. The van der Waals surface area contributed by atoms with Gasteiger partial charge < -0.3 is 4.74 Å². The molecular weight excluding hydrogens is 532 g/mol. The van der Waals surface area contributed by atoms with Crippen LogP contribution in [-0.2, 0) is 9.59 Å². The molecule has 0 fully saturated rings. The lowest BCUT2D eigenvalue weighted by Gasteiger charge is -2.07. The van der Waals surface area contributed by atoms with Gasteiger partial charge in [0, 0.05) is 36.0 Å². The van der Waals surface area contributed by atoms with Crippen LogP contribution >= 0.6 is 11.8 Å². The van der Waals surface area contributed by atoms with Crippen LogP contribution in [0.4, 0.5) is 11.4 Å². The number of benzene rings is 2. The van der Waals surface area contributed by atoms with E-state index in [1.165, 1.54) is 67.0 Å². The van der Waals surface area contributed by atoms with E-state index in [0.29, 0.717) is 16.8 Å². The third-order valence-corrected chi connectivity index (χ3v) is 5.35. The summed E-state index contributed by atoms with van der Waals surface area (Å²) in [6.07, 6.45) is 2.68. The Morgan fingerprint density at radius 1 is 0.897 bits per heavy atom. The van der Waals surface area contributed by atoms with E-state index >= 15 is 0 Å². The number of hydrogen-bond acceptors (Lipinski definition) is 12. The number of carbonyl (C=O) groups excluding carboxylic acids is 2. The normalized spacial score (nSPS) is 10.9. The number of thioether (sulfide) groups is 1. The molecule has 16 heteroatoms. The van der Waals surface area contributed by atoms with E-state index in [0.717, 1.165) is 11.8 Å². The van der Waals surface area contributed by atoms with Crippen molar-refractivity contribution in [1.29, 1.82) is 0 Å². The first-order valence-electron chi connectivity index (χ1n) is 10.9. The zero-order chi connectivity index (χ0) is 28.2. The number of hydrogen-bond donors (Lipinski definition) is 2. The van der Waals surface area contributed by atoms with Gasteiger partial charge in [0.1, 0.15) is 0 Å². The van der Waals surface area contributed by atoms with Gasteiger partial charge in [0.15, 0.2) is 11.8 Å². The van der Waals surface area contributed by atoms with E-state index in [-0.39, 0.29) is 28.2 Å². The smallest absolute Gasteiger partial charge is 0.278 e. The zero-order valence-corrected chi connectivity index (χ0v) is 21.0. The molecular formula is C23H20N8O7S. The first-order chi connectivity index (χ1) is 18.7. The Hall–Kier alpha value is -5.25. The highest BCUT2D eigenvalue weighted by Gasteiger charge is 2.10. The number of carbonyl (C=O) groups is 2. The van der Waals surface area contributed by atoms with Gasteiger partial charge in [-0.15, -0.1) is 0 Å². The molecule has 0 saturated carbocycles. The van der Waals surface area contributed by atoms with Crippen molar-refractivity contribution in [3.63, 3.8) is 0 Å². The Morgan fingerprint density at radius 3 is 1.92 bits per heavy atom. The molecule has 0 aliphatic carbocycles. The summed E-state index contributed by atoms with van der Waals surface area (Å²) >= 11 is 1.03. The monoisotopic (exact) mass is 552 g/mol. The molecule has 0 bridgehead atoms. The van der Waals surface area contributed by atoms with Gasteiger partial charge in [-0.1, -0.05) is 11.8 Å². The van der Waals surface area contributed by atoms with Gasteiger partial charge in [0.05, 0.1) is 28.0 Å². The standard InChI is InChI=1S/C23H20N8O7S/c1-15-10-22(38-13-20(32)28-24-11-16-2-6-18(7-3-16)30(34)35)27-23(26-15)39-14-21(33)29-25-12-17-4-8-19(9-5-17)31(36)37/h2-12H,13-14H2,1H3,(H,28,32)(H,29,33). The summed E-state index contributed by atoms with van der Waals surface area (Å²) in [5.74, 6) is -0.936. The van der Waals surface area contributed by atoms with Gasteiger partial charge in [-0.25, -0.2) is 15.8 Å². The van der Waals surface area contributed by atoms with Crippen LogP contribution in [0.15, 0.2) is 70.0 Å². The van der Waals surface area contributed by atoms with Crippen molar-refractivity contribution in [2.45, 2.75) is 12.1 Å². The molecule has 1 aromatic heterocycles. The second kappa shape index (κ2) is 13.9. The largest absolute Gasteiger partial charge is 0.467 e. The summed E-state index contributed by atoms with van der Waals surface area (Å²) < 4.78 is 5.39. The minimum atomic E-state index is -0.566. The average molecular weight is 553 g/mol. The van der Waals surface area contributed by atoms with Crippen LogP contribution in [0.5, 0.6) is 5.88 Å². The van der Waals surface area contributed by atoms with Crippen molar-refractivity contribution >= 4 is 47.4 Å². The molecule has 1 heterocycles. The molecule has 0 unspecified atom stereocenters. The summed E-state index contributed by atoms with van der Waals surface area (Å²) in [6, 6.07) is 12.8. The van der Waals surface area contributed by atoms with Gasteiger partial charge in [-0.2, -0.15) is 15.2 Å². The molecule has 0 spiro atoms. The number of ether oxygens (including phenoxy) is 1. The number of nitrogens with one attached hydrogen (secondary N) is 2. The summed E-state index contributed by atoms with van der Waals surface area (Å²) in [4.78, 5) is 52.8. The highest BCUT2D eigenvalue weighted by Crippen LogP contribution is 2.18. The zero-order valence-electron chi connectivity index (χ0n) is 20.2. The van der Waals surface area contributed by atoms with Crippen molar-refractivity contribution in [3.8, 4) is 5.88 Å². The fourth-order valence-corrected chi connectivity index (χ4v) is 3.40. The molecule has 200 valence electrons. The predicted octanol–water partition coefficient (Wildman–Crippen LogP) is 2.37. The summed E-state index contributed by atoms with van der Waals surface area (Å²) in [7, 11) is 0. The minimum Gasteiger partial charge on any atom is -0.467 e. The Kier molecular flexibility index (Phi) is 10.1. The third-order valence-electron chi connectivity index (χ3n) is 4.51. The van der Waals surface area contributed by atoms with Gasteiger partial charge in [0.2, 0.25) is 5.88 Å². The van der Waals surface area contributed by atoms with Crippen LogP contribution in [-0.4, -0.2) is 56.4 Å². The van der Waals surface area contributed by atoms with E-state index in [2.05, 4.69) is 31.0 Å². The van der Waals surface area contributed by atoms with Crippen LogP contribution in [0.2, 0.25) is 0 Å². The maximum absolute atomic E-state index is 12.1. The molecule has 0 radical (unpaired) electrons. The quantitative estimate of drug-likeness (QED) is 0.110. The fraction of sp³-hybridized carbons (Fsp3) is 0.130. The lowest BCUT2D eigenvalue weighted by Crippen LogP contribution is -2.25. The molecule has 0 aliphatic rings. The molecule has 0 atom stereocenters. The molecule has 2 N–H and O–H groups in total. The molecule has 15 nitrogen and oxygen atoms in total. The molecule has 0 aliphatic heterocycles. The fourth-order valence-electron chi connectivity index (χ4n) is 2.71. The number of hydrazone groups is 2. The molecule has 2 amide bonds. The lowest BCUT2D eigenvalue weighted by atomic mass is 10.2. The Balaban J connectivity index is 1.43. The lowest BCUT2D eigenvalue weighted by molar-refractivity contribution is -0.385. The van der Waals surface area contributed by atoms with E-state index < -0.39 is 28.3 Å². The molecule has 2 aromatic carbocycles. The summed E-state index contributed by atoms with van der Waals surface area (Å²) in [6.45, 7) is 1.30. The van der Waals surface area contributed by atoms with Gasteiger partial charge in [-0.3, -0.25) is 29.8 Å². The molecule has 3 aromatic rings. The number of aromatic nitrogens is 2. The number of rotatable bonds is 12. The van der Waals surface area contributed by atoms with E-state index in [1.54, 1.807) is 6.92 Å². The second-order valence-electron chi connectivity index (χ2n) is 7.49.